The topological polar surface area (TPSA) is 47.3 Å². The standard InChI is InChI=1S/C21H21N3O/c1-15-12-23(14-22)13-19(15)21(25)24-10-9-18-11-17(7-8-20(18)24)16-5-3-2-4-6-16/h2-8,11,15,19H,9-10,12-13H2,1H3/t15-,19-/m1/s1. The quantitative estimate of drug-likeness (QED) is 0.793. The van der Waals surface area contributed by atoms with Crippen molar-refractivity contribution in [2.24, 2.45) is 11.8 Å². The number of amides is 1. The Hall–Kier alpha value is -2.80. The van der Waals surface area contributed by atoms with Crippen LogP contribution in [0.15, 0.2) is 48.5 Å². The molecule has 0 spiro atoms. The molecule has 2 aromatic carbocycles. The molecule has 0 unspecified atom stereocenters. The zero-order valence-electron chi connectivity index (χ0n) is 14.4. The Morgan fingerprint density at radius 1 is 1.12 bits per heavy atom. The maximum Gasteiger partial charge on any atom is 0.232 e. The van der Waals surface area contributed by atoms with Crippen LogP contribution in [0.2, 0.25) is 0 Å². The van der Waals surface area contributed by atoms with Crippen LogP contribution >= 0.6 is 0 Å². The first-order chi connectivity index (χ1) is 12.2. The fourth-order valence-electron chi connectivity index (χ4n) is 4.01. The molecule has 2 aliphatic rings. The third-order valence-electron chi connectivity index (χ3n) is 5.42. The lowest BCUT2D eigenvalue weighted by atomic mass is 9.96. The summed E-state index contributed by atoms with van der Waals surface area (Å²) in [5.41, 5.74) is 4.66. The van der Waals surface area contributed by atoms with E-state index in [0.29, 0.717) is 13.1 Å². The highest BCUT2D eigenvalue weighted by Crippen LogP contribution is 2.35. The Kier molecular flexibility index (Phi) is 3.93. The molecule has 2 aromatic rings. The van der Waals surface area contributed by atoms with Crippen molar-refractivity contribution >= 4 is 11.6 Å². The zero-order valence-corrected chi connectivity index (χ0v) is 14.4. The SMILES string of the molecule is C[C@@H]1CN(C#N)C[C@H]1C(=O)N1CCc2cc(-c3ccccc3)ccc21. The van der Waals surface area contributed by atoms with Crippen molar-refractivity contribution in [3.63, 3.8) is 0 Å². The van der Waals surface area contributed by atoms with Crippen LogP contribution < -0.4 is 4.90 Å². The molecular weight excluding hydrogens is 310 g/mol. The average Bonchev–Trinajstić information content (AvgIpc) is 3.24. The third-order valence-corrected chi connectivity index (χ3v) is 5.42. The summed E-state index contributed by atoms with van der Waals surface area (Å²) in [5.74, 6) is 0.302. The van der Waals surface area contributed by atoms with E-state index in [4.69, 9.17) is 5.26 Å². The number of nitrogens with zero attached hydrogens (tertiary/aromatic N) is 3. The second-order valence-corrected chi connectivity index (χ2v) is 7.04. The summed E-state index contributed by atoms with van der Waals surface area (Å²) in [6.07, 6.45) is 3.07. The Morgan fingerprint density at radius 3 is 2.64 bits per heavy atom. The van der Waals surface area contributed by atoms with Gasteiger partial charge in [-0.3, -0.25) is 4.79 Å². The first-order valence-electron chi connectivity index (χ1n) is 8.82. The van der Waals surface area contributed by atoms with Crippen LogP contribution in [0.5, 0.6) is 0 Å². The van der Waals surface area contributed by atoms with Crippen LogP contribution in [-0.2, 0) is 11.2 Å². The maximum atomic E-state index is 13.0. The van der Waals surface area contributed by atoms with E-state index < -0.39 is 0 Å². The molecule has 4 nitrogen and oxygen atoms in total. The highest BCUT2D eigenvalue weighted by atomic mass is 16.2. The highest BCUT2D eigenvalue weighted by Gasteiger charge is 2.38. The van der Waals surface area contributed by atoms with Gasteiger partial charge < -0.3 is 9.80 Å². The predicted octanol–water partition coefficient (Wildman–Crippen LogP) is 3.29. The number of benzene rings is 2. The number of nitriles is 1. The van der Waals surface area contributed by atoms with Gasteiger partial charge in [-0.25, -0.2) is 0 Å². The number of anilines is 1. The molecule has 0 N–H and O–H groups in total. The fourth-order valence-corrected chi connectivity index (χ4v) is 4.01. The van der Waals surface area contributed by atoms with Crippen LogP contribution in [-0.4, -0.2) is 30.4 Å². The van der Waals surface area contributed by atoms with Gasteiger partial charge in [0, 0.05) is 25.3 Å². The minimum Gasteiger partial charge on any atom is -0.312 e. The van der Waals surface area contributed by atoms with Gasteiger partial charge in [-0.15, -0.1) is 0 Å². The van der Waals surface area contributed by atoms with Gasteiger partial charge in [-0.1, -0.05) is 43.3 Å². The monoisotopic (exact) mass is 331 g/mol. The van der Waals surface area contributed by atoms with Gasteiger partial charge in [-0.2, -0.15) is 5.26 Å². The van der Waals surface area contributed by atoms with Crippen LogP contribution in [0.4, 0.5) is 5.69 Å². The van der Waals surface area contributed by atoms with Crippen LogP contribution in [0.25, 0.3) is 11.1 Å². The molecule has 25 heavy (non-hydrogen) atoms. The molecule has 0 aromatic heterocycles. The zero-order chi connectivity index (χ0) is 17.4. The van der Waals surface area contributed by atoms with E-state index in [1.165, 1.54) is 16.7 Å². The molecule has 2 aliphatic heterocycles. The highest BCUT2D eigenvalue weighted by molar-refractivity contribution is 5.98. The third kappa shape index (κ3) is 2.76. The first kappa shape index (κ1) is 15.7. The summed E-state index contributed by atoms with van der Waals surface area (Å²) >= 11 is 0. The summed E-state index contributed by atoms with van der Waals surface area (Å²) in [5, 5.41) is 9.10. The normalized spacial score (nSPS) is 21.9. The van der Waals surface area contributed by atoms with E-state index in [1.54, 1.807) is 4.90 Å². The average molecular weight is 331 g/mol. The van der Waals surface area contributed by atoms with Gasteiger partial charge in [-0.05, 0) is 41.2 Å². The molecule has 2 heterocycles. The number of likely N-dealkylation sites (tertiary alicyclic amines) is 1. The lowest BCUT2D eigenvalue weighted by Crippen LogP contribution is -2.37. The molecule has 1 saturated heterocycles. The number of hydrogen-bond acceptors (Lipinski definition) is 3. The molecule has 1 amide bonds. The van der Waals surface area contributed by atoms with Crippen molar-refractivity contribution in [2.75, 3.05) is 24.5 Å². The van der Waals surface area contributed by atoms with Gasteiger partial charge >= 0.3 is 0 Å². The Bertz CT molecular complexity index is 840. The second kappa shape index (κ2) is 6.25. The number of fused-ring (bicyclic) bond motifs is 1. The molecule has 1 fully saturated rings. The molecule has 2 atom stereocenters. The lowest BCUT2D eigenvalue weighted by Gasteiger charge is -2.23. The van der Waals surface area contributed by atoms with Gasteiger partial charge in [0.2, 0.25) is 5.91 Å². The van der Waals surface area contributed by atoms with Crippen LogP contribution in [0.3, 0.4) is 0 Å². The van der Waals surface area contributed by atoms with Crippen molar-refractivity contribution < 1.29 is 4.79 Å². The second-order valence-electron chi connectivity index (χ2n) is 7.04. The Balaban J connectivity index is 1.58. The predicted molar refractivity (Wildman–Crippen MR) is 97.8 cm³/mol. The minimum atomic E-state index is -0.0839. The smallest absolute Gasteiger partial charge is 0.232 e. The number of hydrogen-bond donors (Lipinski definition) is 0. The maximum absolute atomic E-state index is 13.0. The van der Waals surface area contributed by atoms with Crippen LogP contribution in [0.1, 0.15) is 12.5 Å². The van der Waals surface area contributed by atoms with Crippen molar-refractivity contribution in [2.45, 2.75) is 13.3 Å². The van der Waals surface area contributed by atoms with Crippen molar-refractivity contribution in [3.8, 4) is 17.3 Å². The van der Waals surface area contributed by atoms with E-state index in [9.17, 15) is 4.79 Å². The summed E-state index contributed by atoms with van der Waals surface area (Å²) in [6.45, 7) is 4.03. The van der Waals surface area contributed by atoms with Gasteiger partial charge in [0.1, 0.15) is 0 Å². The van der Waals surface area contributed by atoms with Gasteiger partial charge in [0.15, 0.2) is 6.19 Å². The molecule has 4 heteroatoms. The van der Waals surface area contributed by atoms with E-state index in [-0.39, 0.29) is 17.7 Å². The minimum absolute atomic E-state index is 0.0839. The Labute approximate surface area is 148 Å². The first-order valence-corrected chi connectivity index (χ1v) is 8.82. The summed E-state index contributed by atoms with van der Waals surface area (Å²) in [4.78, 5) is 16.6. The number of carbonyl (C=O) groups excluding carboxylic acids is 1. The summed E-state index contributed by atoms with van der Waals surface area (Å²) < 4.78 is 0. The van der Waals surface area contributed by atoms with E-state index in [2.05, 4.69) is 43.4 Å². The molecule has 126 valence electrons. The van der Waals surface area contributed by atoms with Crippen LogP contribution in [0, 0.1) is 23.3 Å². The van der Waals surface area contributed by atoms with Gasteiger partial charge in [0.25, 0.3) is 0 Å². The molecule has 0 saturated carbocycles. The lowest BCUT2D eigenvalue weighted by molar-refractivity contribution is -0.122. The van der Waals surface area contributed by atoms with Crippen molar-refractivity contribution in [1.82, 2.24) is 4.90 Å². The van der Waals surface area contributed by atoms with Crippen molar-refractivity contribution in [3.05, 3.63) is 54.1 Å². The number of rotatable bonds is 2. The molecular formula is C21H21N3O. The largest absolute Gasteiger partial charge is 0.312 e. The van der Waals surface area contributed by atoms with Gasteiger partial charge in [0.05, 0.1) is 5.92 Å². The van der Waals surface area contributed by atoms with E-state index >= 15 is 0 Å². The molecule has 0 bridgehead atoms. The fraction of sp³-hybridized carbons (Fsp3) is 0.333. The molecule has 0 aliphatic carbocycles. The molecule has 4 rings (SSSR count). The van der Waals surface area contributed by atoms with E-state index in [0.717, 1.165) is 18.7 Å². The van der Waals surface area contributed by atoms with E-state index in [1.807, 2.05) is 23.1 Å². The van der Waals surface area contributed by atoms with Crippen molar-refractivity contribution in [1.29, 1.82) is 5.26 Å². The Morgan fingerprint density at radius 2 is 1.92 bits per heavy atom. The molecule has 0 radical (unpaired) electrons. The number of carbonyl (C=O) groups is 1. The summed E-state index contributed by atoms with van der Waals surface area (Å²) in [6, 6.07) is 16.7. The summed E-state index contributed by atoms with van der Waals surface area (Å²) in [7, 11) is 0.